The number of alkyl halides is 2. The highest BCUT2D eigenvalue weighted by molar-refractivity contribution is 7.15. The number of hydrogen-bond acceptors (Lipinski definition) is 8. The number of nitrogens with zero attached hydrogens (tertiary/aromatic N) is 5. The third-order valence-corrected chi connectivity index (χ3v) is 6.56. The first kappa shape index (κ1) is 26.0. The van der Waals surface area contributed by atoms with Crippen LogP contribution < -0.4 is 15.4 Å². The van der Waals surface area contributed by atoms with Crippen molar-refractivity contribution in [1.29, 1.82) is 0 Å². The molecule has 1 aliphatic heterocycles. The standard InChI is InChI=1S/C26H21F2N7O3S/c1-38-21-14-31-20(23(27)28)12-18(21)17-11-16(3-2-9-35-10-8-29-26(35)37)30-13-19(17)24(36)32-25-34-33-22(39-25)7-6-15-4-5-15/h11-15,23H,4-5,8-10H2,1H3,(H,29,37)(H,32,34,36). The number of pyridine rings is 2. The molecule has 0 aromatic carbocycles. The van der Waals surface area contributed by atoms with Gasteiger partial charge < -0.3 is 15.0 Å². The van der Waals surface area contributed by atoms with Gasteiger partial charge in [-0.3, -0.25) is 15.1 Å². The Morgan fingerprint density at radius 2 is 2.08 bits per heavy atom. The van der Waals surface area contributed by atoms with Gasteiger partial charge in [-0.1, -0.05) is 23.2 Å². The van der Waals surface area contributed by atoms with Crippen LogP contribution in [0, 0.1) is 29.6 Å². The highest BCUT2D eigenvalue weighted by Gasteiger charge is 2.22. The van der Waals surface area contributed by atoms with Crippen molar-refractivity contribution < 1.29 is 23.1 Å². The molecule has 0 unspecified atom stereocenters. The zero-order chi connectivity index (χ0) is 27.4. The van der Waals surface area contributed by atoms with Crippen LogP contribution in [0.15, 0.2) is 24.5 Å². The Hall–Kier alpha value is -4.62. The second-order valence-electron chi connectivity index (χ2n) is 8.59. The number of urea groups is 1. The number of ether oxygens (including phenoxy) is 1. The van der Waals surface area contributed by atoms with Gasteiger partial charge in [-0.25, -0.2) is 18.6 Å². The Bertz CT molecular complexity index is 1550. The summed E-state index contributed by atoms with van der Waals surface area (Å²) >= 11 is 1.13. The average molecular weight is 550 g/mol. The van der Waals surface area contributed by atoms with Gasteiger partial charge >= 0.3 is 6.03 Å². The first-order valence-corrected chi connectivity index (χ1v) is 12.7. The molecule has 3 amide bonds. The number of hydrogen-bond donors (Lipinski definition) is 2. The van der Waals surface area contributed by atoms with Crippen LogP contribution in [0.1, 0.15) is 46.0 Å². The molecule has 5 rings (SSSR count). The van der Waals surface area contributed by atoms with E-state index < -0.39 is 18.0 Å². The summed E-state index contributed by atoms with van der Waals surface area (Å²) in [5.41, 5.74) is 0.331. The molecule has 2 N–H and O–H groups in total. The van der Waals surface area contributed by atoms with Gasteiger partial charge in [-0.2, -0.15) is 0 Å². The molecule has 198 valence electrons. The molecule has 2 aliphatic rings. The maximum absolute atomic E-state index is 13.5. The van der Waals surface area contributed by atoms with Crippen LogP contribution in [-0.4, -0.2) is 63.7 Å². The van der Waals surface area contributed by atoms with Gasteiger partial charge in [-0.15, -0.1) is 10.2 Å². The van der Waals surface area contributed by atoms with E-state index in [2.05, 4.69) is 54.5 Å². The van der Waals surface area contributed by atoms with Gasteiger partial charge in [0.15, 0.2) is 5.01 Å². The van der Waals surface area contributed by atoms with Crippen LogP contribution in [-0.2, 0) is 0 Å². The number of nitrogens with one attached hydrogen (secondary N) is 2. The molecule has 10 nitrogen and oxygen atoms in total. The lowest BCUT2D eigenvalue weighted by atomic mass is 9.99. The molecule has 1 saturated carbocycles. The van der Waals surface area contributed by atoms with Crippen LogP contribution in [0.5, 0.6) is 5.75 Å². The fourth-order valence-electron chi connectivity index (χ4n) is 3.65. The molecular formula is C26H21F2N7O3S. The summed E-state index contributed by atoms with van der Waals surface area (Å²) in [6.07, 6.45) is 1.78. The van der Waals surface area contributed by atoms with Crippen LogP contribution >= 0.6 is 11.3 Å². The van der Waals surface area contributed by atoms with Crippen molar-refractivity contribution in [2.45, 2.75) is 19.3 Å². The molecule has 0 atom stereocenters. The number of aromatic nitrogens is 4. The van der Waals surface area contributed by atoms with E-state index >= 15 is 0 Å². The van der Waals surface area contributed by atoms with Crippen LogP contribution in [0.25, 0.3) is 11.1 Å². The lowest BCUT2D eigenvalue weighted by Gasteiger charge is -2.14. The van der Waals surface area contributed by atoms with Crippen LogP contribution in [0.2, 0.25) is 0 Å². The smallest absolute Gasteiger partial charge is 0.318 e. The average Bonchev–Trinajstić information content (AvgIpc) is 3.52. The normalized spacial score (nSPS) is 14.3. The third kappa shape index (κ3) is 6.27. The highest BCUT2D eigenvalue weighted by Crippen LogP contribution is 2.35. The number of rotatable bonds is 6. The van der Waals surface area contributed by atoms with Crippen molar-refractivity contribution in [2.75, 3.05) is 32.1 Å². The monoisotopic (exact) mass is 549 g/mol. The third-order valence-electron chi connectivity index (χ3n) is 5.81. The van der Waals surface area contributed by atoms with Crippen LogP contribution in [0.4, 0.5) is 18.7 Å². The highest BCUT2D eigenvalue weighted by atomic mass is 32.1. The maximum Gasteiger partial charge on any atom is 0.318 e. The molecule has 1 aliphatic carbocycles. The quantitative estimate of drug-likeness (QED) is 0.453. The van der Waals surface area contributed by atoms with Crippen molar-refractivity contribution in [3.05, 3.63) is 46.5 Å². The molecule has 4 heterocycles. The fraction of sp³-hybridized carbons (Fsp3) is 0.308. The Balaban J connectivity index is 1.48. The molecule has 2 fully saturated rings. The molecule has 3 aromatic heterocycles. The second kappa shape index (κ2) is 11.4. The number of carbonyl (C=O) groups is 2. The lowest BCUT2D eigenvalue weighted by molar-refractivity contribution is 0.102. The van der Waals surface area contributed by atoms with E-state index in [1.807, 2.05) is 0 Å². The van der Waals surface area contributed by atoms with E-state index in [9.17, 15) is 18.4 Å². The van der Waals surface area contributed by atoms with Crippen molar-refractivity contribution in [1.82, 2.24) is 30.4 Å². The minimum Gasteiger partial charge on any atom is -0.494 e. The number of carbonyl (C=O) groups excluding carboxylic acids is 2. The largest absolute Gasteiger partial charge is 0.494 e. The summed E-state index contributed by atoms with van der Waals surface area (Å²) < 4.78 is 32.4. The van der Waals surface area contributed by atoms with Gasteiger partial charge in [-0.05, 0) is 36.8 Å². The summed E-state index contributed by atoms with van der Waals surface area (Å²) in [6.45, 7) is 1.27. The predicted molar refractivity (Wildman–Crippen MR) is 138 cm³/mol. The molecule has 39 heavy (non-hydrogen) atoms. The maximum atomic E-state index is 13.5. The van der Waals surface area contributed by atoms with E-state index in [1.165, 1.54) is 25.6 Å². The number of amides is 3. The zero-order valence-electron chi connectivity index (χ0n) is 20.6. The molecule has 1 saturated heterocycles. The Kier molecular flexibility index (Phi) is 7.61. The summed E-state index contributed by atoms with van der Waals surface area (Å²) in [7, 11) is 1.37. The predicted octanol–water partition coefficient (Wildman–Crippen LogP) is 3.33. The fourth-order valence-corrected chi connectivity index (χ4v) is 4.25. The van der Waals surface area contributed by atoms with Crippen molar-refractivity contribution >= 4 is 28.4 Å². The van der Waals surface area contributed by atoms with Crippen molar-refractivity contribution in [2.24, 2.45) is 5.92 Å². The van der Waals surface area contributed by atoms with Gasteiger partial charge in [0.25, 0.3) is 12.3 Å². The Morgan fingerprint density at radius 3 is 2.79 bits per heavy atom. The van der Waals surface area contributed by atoms with Gasteiger partial charge in [0, 0.05) is 36.3 Å². The van der Waals surface area contributed by atoms with Gasteiger partial charge in [0.2, 0.25) is 5.13 Å². The number of methoxy groups -OCH3 is 1. The van der Waals surface area contributed by atoms with E-state index in [0.717, 1.165) is 30.2 Å². The van der Waals surface area contributed by atoms with E-state index in [0.29, 0.717) is 24.0 Å². The molecule has 13 heteroatoms. The lowest BCUT2D eigenvalue weighted by Crippen LogP contribution is -2.28. The molecule has 3 aromatic rings. The molecule has 0 radical (unpaired) electrons. The summed E-state index contributed by atoms with van der Waals surface area (Å²) in [5.74, 6) is 11.8. The molecule has 0 spiro atoms. The number of halogens is 2. The SMILES string of the molecule is COc1cnc(C(F)F)cc1-c1cc(C#CCN2CCNC2=O)ncc1C(=O)Nc1nnc(C#CC2CC2)s1. The van der Waals surface area contributed by atoms with Gasteiger partial charge in [0.05, 0.1) is 25.4 Å². The Labute approximate surface area is 226 Å². The Morgan fingerprint density at radius 1 is 1.23 bits per heavy atom. The minimum absolute atomic E-state index is 0.0741. The first-order chi connectivity index (χ1) is 18.9. The van der Waals surface area contributed by atoms with Gasteiger partial charge in [0.1, 0.15) is 17.1 Å². The van der Waals surface area contributed by atoms with Crippen molar-refractivity contribution in [3.63, 3.8) is 0 Å². The molecular weight excluding hydrogens is 528 g/mol. The second-order valence-corrected chi connectivity index (χ2v) is 9.57. The summed E-state index contributed by atoms with van der Waals surface area (Å²) in [4.78, 5) is 34.6. The number of anilines is 1. The van der Waals surface area contributed by atoms with Crippen molar-refractivity contribution in [3.8, 4) is 40.6 Å². The van der Waals surface area contributed by atoms with E-state index in [1.54, 1.807) is 4.90 Å². The first-order valence-electron chi connectivity index (χ1n) is 11.9. The van der Waals surface area contributed by atoms with Crippen LogP contribution in [0.3, 0.4) is 0 Å². The topological polar surface area (TPSA) is 122 Å². The van der Waals surface area contributed by atoms with E-state index in [4.69, 9.17) is 4.74 Å². The zero-order valence-corrected chi connectivity index (χ0v) is 21.4. The summed E-state index contributed by atoms with van der Waals surface area (Å²) in [5, 5.41) is 14.0. The summed E-state index contributed by atoms with van der Waals surface area (Å²) in [6, 6.07) is 2.47. The minimum atomic E-state index is -2.84. The molecule has 0 bridgehead atoms. The van der Waals surface area contributed by atoms with E-state index in [-0.39, 0.29) is 45.8 Å².